The number of hydrogen-bond donors (Lipinski definition) is 6. The van der Waals surface area contributed by atoms with E-state index in [1.807, 2.05) is 30.0 Å². The number of allylic oxidation sites excluding steroid dienone is 1. The highest BCUT2D eigenvalue weighted by molar-refractivity contribution is 5.87. The molecule has 1 amide bonds. The number of aliphatic hydroxyl groups is 5. The Morgan fingerprint density at radius 3 is 2.74 bits per heavy atom. The van der Waals surface area contributed by atoms with E-state index in [1.54, 1.807) is 6.07 Å². The Hall–Kier alpha value is -2.47. The maximum atomic E-state index is 12.9. The van der Waals surface area contributed by atoms with Gasteiger partial charge in [0.1, 0.15) is 30.2 Å². The van der Waals surface area contributed by atoms with E-state index in [2.05, 4.69) is 4.98 Å². The first kappa shape index (κ1) is 24.2. The Morgan fingerprint density at radius 1 is 1.23 bits per heavy atom. The number of benzene rings is 1. The molecule has 4 heterocycles. The lowest BCUT2D eigenvalue weighted by atomic mass is 9.81. The number of nitrogens with zero attached hydrogens (tertiary/aromatic N) is 1. The number of hydrogen-bond acceptors (Lipinski definition) is 8. The first-order valence-corrected chi connectivity index (χ1v) is 12.0. The molecular formula is C25H32N2O8. The molecule has 6 N–H and O–H groups in total. The maximum Gasteiger partial charge on any atom is 0.229 e. The molecule has 10 nitrogen and oxygen atoms in total. The topological polar surface area (TPSA) is 156 Å². The molecule has 0 bridgehead atoms. The molecule has 5 rings (SSSR count). The van der Waals surface area contributed by atoms with Crippen LogP contribution in [0.5, 0.6) is 5.75 Å². The van der Waals surface area contributed by atoms with Gasteiger partial charge in [0.15, 0.2) is 0 Å². The molecule has 7 atom stereocenters. The predicted octanol–water partition coefficient (Wildman–Crippen LogP) is 0.121. The molecule has 190 valence electrons. The Labute approximate surface area is 202 Å². The summed E-state index contributed by atoms with van der Waals surface area (Å²) in [6.07, 6.45) is -3.05. The van der Waals surface area contributed by atoms with Gasteiger partial charge in [-0.05, 0) is 55.0 Å². The fraction of sp³-hybridized carbons (Fsp3) is 0.560. The second-order valence-corrected chi connectivity index (χ2v) is 9.55. The first-order chi connectivity index (χ1) is 16.9. The third-order valence-corrected chi connectivity index (χ3v) is 7.65. The molecule has 0 unspecified atom stereocenters. The fourth-order valence-electron chi connectivity index (χ4n) is 5.68. The summed E-state index contributed by atoms with van der Waals surface area (Å²) in [7, 11) is 0. The van der Waals surface area contributed by atoms with Crippen molar-refractivity contribution in [3.05, 3.63) is 41.1 Å². The molecule has 0 spiro atoms. The number of H-pyrrole nitrogens is 1. The van der Waals surface area contributed by atoms with Crippen LogP contribution in [0, 0.1) is 5.92 Å². The molecule has 3 aliphatic heterocycles. The molecular weight excluding hydrogens is 456 g/mol. The molecule has 2 fully saturated rings. The van der Waals surface area contributed by atoms with E-state index in [-0.39, 0.29) is 24.5 Å². The van der Waals surface area contributed by atoms with Gasteiger partial charge < -0.3 is 44.9 Å². The summed E-state index contributed by atoms with van der Waals surface area (Å²) in [4.78, 5) is 18.3. The van der Waals surface area contributed by atoms with Crippen LogP contribution >= 0.6 is 0 Å². The number of piperidine rings is 1. The van der Waals surface area contributed by atoms with E-state index in [4.69, 9.17) is 9.47 Å². The second kappa shape index (κ2) is 9.53. The standard InChI is InChI=1S/C25H32N2O8/c1-2-12(10-28)13-7-18-21-15(5-6-27(18)20(30)8-13)16-9-14(3-4-17(16)26-21)34-25-24(33)23(32)22(31)19(11-29)35-25/h2-4,9,13,18-19,22-26,28-29,31-33H,5-8,10-11H2,1H3/b12-2-/t13-,18+,19-,22-,23+,24-,25-/m1/s1. The molecule has 1 aromatic carbocycles. The molecule has 2 aromatic rings. The minimum absolute atomic E-state index is 0.00110. The van der Waals surface area contributed by atoms with Gasteiger partial charge in [-0.2, -0.15) is 0 Å². The van der Waals surface area contributed by atoms with Crippen molar-refractivity contribution in [2.24, 2.45) is 5.92 Å². The van der Waals surface area contributed by atoms with E-state index < -0.39 is 37.3 Å². The smallest absolute Gasteiger partial charge is 0.229 e. The van der Waals surface area contributed by atoms with Gasteiger partial charge in [0.25, 0.3) is 0 Å². The van der Waals surface area contributed by atoms with E-state index in [1.165, 1.54) is 0 Å². The molecule has 0 saturated carbocycles. The second-order valence-electron chi connectivity index (χ2n) is 9.55. The number of aromatic nitrogens is 1. The van der Waals surface area contributed by atoms with Gasteiger partial charge in [-0.25, -0.2) is 0 Å². The van der Waals surface area contributed by atoms with E-state index in [0.717, 1.165) is 34.2 Å². The Balaban J connectivity index is 1.43. The quantitative estimate of drug-likeness (QED) is 0.324. The van der Waals surface area contributed by atoms with Crippen molar-refractivity contribution in [3.8, 4) is 5.75 Å². The average molecular weight is 489 g/mol. The summed E-state index contributed by atoms with van der Waals surface area (Å²) in [5.74, 6) is 0.497. The fourth-order valence-corrected chi connectivity index (χ4v) is 5.68. The molecule has 35 heavy (non-hydrogen) atoms. The molecule has 0 radical (unpaired) electrons. The summed E-state index contributed by atoms with van der Waals surface area (Å²) < 4.78 is 11.3. The SMILES string of the molecule is C/C=C(/CO)[C@H]1CC(=O)N2CCc3c([nH]c4ccc(O[C@@H]5O[C@H](CO)[C@@H](O)[C@H](O)[C@H]5O)cc34)[C@@H]2C1. The third kappa shape index (κ3) is 4.14. The summed E-state index contributed by atoms with van der Waals surface area (Å²) in [5.41, 5.74) is 3.86. The zero-order valence-electron chi connectivity index (χ0n) is 19.5. The minimum atomic E-state index is -1.52. The Kier molecular flexibility index (Phi) is 6.60. The van der Waals surface area contributed by atoms with Crippen LogP contribution in [0.1, 0.15) is 37.1 Å². The summed E-state index contributed by atoms with van der Waals surface area (Å²) in [6.45, 7) is 1.91. The van der Waals surface area contributed by atoms with Gasteiger partial charge in [0.05, 0.1) is 19.3 Å². The van der Waals surface area contributed by atoms with Crippen LogP contribution in [0.2, 0.25) is 0 Å². The largest absolute Gasteiger partial charge is 0.462 e. The first-order valence-electron chi connectivity index (χ1n) is 12.0. The lowest BCUT2D eigenvalue weighted by Crippen LogP contribution is -2.60. The summed E-state index contributed by atoms with van der Waals surface area (Å²) in [5, 5.41) is 50.4. The number of aliphatic hydroxyl groups excluding tert-OH is 5. The molecule has 1 aromatic heterocycles. The average Bonchev–Trinajstić information content (AvgIpc) is 3.24. The van der Waals surface area contributed by atoms with Crippen LogP contribution in [0.3, 0.4) is 0 Å². The molecule has 0 aliphatic carbocycles. The van der Waals surface area contributed by atoms with Crippen LogP contribution in [0.4, 0.5) is 0 Å². The molecule has 3 aliphatic rings. The number of amides is 1. The monoisotopic (exact) mass is 488 g/mol. The number of carbonyl (C=O) groups is 1. The van der Waals surface area contributed by atoms with Crippen LogP contribution in [-0.2, 0) is 16.0 Å². The number of carbonyl (C=O) groups excluding carboxylic acids is 1. The van der Waals surface area contributed by atoms with Crippen LogP contribution in [0.25, 0.3) is 10.9 Å². The minimum Gasteiger partial charge on any atom is -0.462 e. The van der Waals surface area contributed by atoms with E-state index in [9.17, 15) is 30.3 Å². The lowest BCUT2D eigenvalue weighted by Gasteiger charge is -2.42. The molecule has 10 heteroatoms. The van der Waals surface area contributed by atoms with Crippen molar-refractivity contribution in [2.75, 3.05) is 19.8 Å². The van der Waals surface area contributed by atoms with Gasteiger partial charge in [0.2, 0.25) is 12.2 Å². The number of ether oxygens (including phenoxy) is 2. The van der Waals surface area contributed by atoms with Crippen molar-refractivity contribution in [1.82, 2.24) is 9.88 Å². The lowest BCUT2D eigenvalue weighted by molar-refractivity contribution is -0.277. The number of nitrogens with one attached hydrogen (secondary N) is 1. The number of aromatic amines is 1. The number of rotatable bonds is 5. The highest BCUT2D eigenvalue weighted by atomic mass is 16.7. The van der Waals surface area contributed by atoms with Gasteiger partial charge in [-0.3, -0.25) is 4.79 Å². The highest BCUT2D eigenvalue weighted by Crippen LogP contribution is 2.44. The third-order valence-electron chi connectivity index (χ3n) is 7.65. The van der Waals surface area contributed by atoms with Crippen LogP contribution in [0.15, 0.2) is 29.8 Å². The Bertz CT molecular complexity index is 1130. The normalized spacial score (nSPS) is 33.5. The number of fused-ring (bicyclic) bond motifs is 5. The van der Waals surface area contributed by atoms with Gasteiger partial charge in [-0.1, -0.05) is 6.08 Å². The summed E-state index contributed by atoms with van der Waals surface area (Å²) in [6, 6.07) is 5.29. The van der Waals surface area contributed by atoms with E-state index in [0.29, 0.717) is 25.1 Å². The van der Waals surface area contributed by atoms with Gasteiger partial charge >= 0.3 is 0 Å². The van der Waals surface area contributed by atoms with Crippen LogP contribution < -0.4 is 4.74 Å². The zero-order chi connectivity index (χ0) is 24.9. The summed E-state index contributed by atoms with van der Waals surface area (Å²) >= 11 is 0. The molecule has 2 saturated heterocycles. The van der Waals surface area contributed by atoms with Crippen molar-refractivity contribution in [2.45, 2.75) is 62.9 Å². The Morgan fingerprint density at radius 2 is 2.03 bits per heavy atom. The van der Waals surface area contributed by atoms with Crippen molar-refractivity contribution in [1.29, 1.82) is 0 Å². The van der Waals surface area contributed by atoms with Crippen molar-refractivity contribution < 1.29 is 39.8 Å². The van der Waals surface area contributed by atoms with Gasteiger partial charge in [0, 0.05) is 29.6 Å². The van der Waals surface area contributed by atoms with Crippen LogP contribution in [-0.4, -0.2) is 91.8 Å². The highest BCUT2D eigenvalue weighted by Gasteiger charge is 2.45. The zero-order valence-corrected chi connectivity index (χ0v) is 19.5. The maximum absolute atomic E-state index is 12.9. The predicted molar refractivity (Wildman–Crippen MR) is 124 cm³/mol. The van der Waals surface area contributed by atoms with Crippen molar-refractivity contribution in [3.63, 3.8) is 0 Å². The van der Waals surface area contributed by atoms with Crippen molar-refractivity contribution >= 4 is 16.8 Å². The van der Waals surface area contributed by atoms with E-state index >= 15 is 0 Å². The van der Waals surface area contributed by atoms with Gasteiger partial charge in [-0.15, -0.1) is 0 Å².